The van der Waals surface area contributed by atoms with Gasteiger partial charge in [0, 0.05) is 10.9 Å². The Morgan fingerprint density at radius 3 is 2.89 bits per heavy atom. The zero-order valence-electron chi connectivity index (χ0n) is 9.34. The van der Waals surface area contributed by atoms with Gasteiger partial charge in [-0.25, -0.2) is 9.78 Å². The van der Waals surface area contributed by atoms with E-state index in [1.54, 1.807) is 5.51 Å². The van der Waals surface area contributed by atoms with Gasteiger partial charge in [0.2, 0.25) is 5.76 Å². The van der Waals surface area contributed by atoms with Gasteiger partial charge in [-0.3, -0.25) is 4.79 Å². The second kappa shape index (κ2) is 4.96. The highest BCUT2D eigenvalue weighted by Gasteiger charge is 2.16. The first-order valence-corrected chi connectivity index (χ1v) is 5.83. The quantitative estimate of drug-likeness (QED) is 0.858. The van der Waals surface area contributed by atoms with E-state index in [1.807, 2.05) is 6.92 Å². The minimum atomic E-state index is -1.26. The number of carboxylic acids is 1. The topological polar surface area (TPSA) is 105 Å². The predicted molar refractivity (Wildman–Crippen MR) is 61.5 cm³/mol. The molecule has 0 saturated carbocycles. The maximum absolute atomic E-state index is 11.6. The number of carbonyl (C=O) groups is 2. The molecular weight excluding hydrogens is 258 g/mol. The van der Waals surface area contributed by atoms with Crippen molar-refractivity contribution in [1.82, 2.24) is 15.5 Å². The van der Waals surface area contributed by atoms with Crippen LogP contribution >= 0.6 is 11.3 Å². The first-order chi connectivity index (χ1) is 8.58. The van der Waals surface area contributed by atoms with Gasteiger partial charge in [-0.05, 0) is 6.92 Å². The van der Waals surface area contributed by atoms with Crippen LogP contribution in [-0.2, 0) is 6.54 Å². The van der Waals surface area contributed by atoms with Crippen molar-refractivity contribution in [2.45, 2.75) is 13.5 Å². The molecule has 0 aromatic carbocycles. The lowest BCUT2D eigenvalue weighted by molar-refractivity contribution is 0.0651. The van der Waals surface area contributed by atoms with Crippen molar-refractivity contribution in [3.8, 4) is 0 Å². The van der Waals surface area contributed by atoms with Crippen LogP contribution in [0.4, 0.5) is 0 Å². The smallest absolute Gasteiger partial charge is 0.374 e. The van der Waals surface area contributed by atoms with Crippen molar-refractivity contribution >= 4 is 23.2 Å². The van der Waals surface area contributed by atoms with Crippen molar-refractivity contribution in [2.75, 3.05) is 0 Å². The number of nitrogens with zero attached hydrogens (tertiary/aromatic N) is 2. The third-order valence-electron chi connectivity index (χ3n) is 2.21. The number of rotatable bonds is 4. The highest BCUT2D eigenvalue weighted by atomic mass is 32.1. The summed E-state index contributed by atoms with van der Waals surface area (Å²) in [5.74, 6) is -2.12. The maximum atomic E-state index is 11.6. The molecule has 0 aliphatic carbocycles. The van der Waals surface area contributed by atoms with Crippen molar-refractivity contribution in [3.63, 3.8) is 0 Å². The molecule has 7 nitrogen and oxygen atoms in total. The summed E-state index contributed by atoms with van der Waals surface area (Å²) in [6.07, 6.45) is 0. The van der Waals surface area contributed by atoms with Crippen LogP contribution in [0.25, 0.3) is 0 Å². The van der Waals surface area contributed by atoms with Gasteiger partial charge < -0.3 is 14.9 Å². The Bertz CT molecular complexity index is 589. The first-order valence-electron chi connectivity index (χ1n) is 4.95. The van der Waals surface area contributed by atoms with Gasteiger partial charge in [0.1, 0.15) is 0 Å². The molecule has 18 heavy (non-hydrogen) atoms. The SMILES string of the molecule is Cc1ncsc1CNC(=O)c1cc(C(=O)O)on1. The lowest BCUT2D eigenvalue weighted by atomic mass is 10.3. The molecule has 0 radical (unpaired) electrons. The molecule has 94 valence electrons. The number of amides is 1. The summed E-state index contributed by atoms with van der Waals surface area (Å²) in [7, 11) is 0. The van der Waals surface area contributed by atoms with Gasteiger partial charge in [-0.1, -0.05) is 5.16 Å². The number of thiazole rings is 1. The monoisotopic (exact) mass is 267 g/mol. The summed E-state index contributed by atoms with van der Waals surface area (Å²) in [6, 6.07) is 1.08. The summed E-state index contributed by atoms with van der Waals surface area (Å²) in [6.45, 7) is 2.17. The van der Waals surface area contributed by atoms with Crippen LogP contribution < -0.4 is 5.32 Å². The molecule has 0 bridgehead atoms. The van der Waals surface area contributed by atoms with Crippen molar-refractivity contribution < 1.29 is 19.2 Å². The maximum Gasteiger partial charge on any atom is 0.374 e. The Morgan fingerprint density at radius 1 is 1.56 bits per heavy atom. The minimum Gasteiger partial charge on any atom is -0.475 e. The number of hydrogen-bond donors (Lipinski definition) is 2. The number of aromatic nitrogens is 2. The van der Waals surface area contributed by atoms with Crippen molar-refractivity contribution in [2.24, 2.45) is 0 Å². The Hall–Kier alpha value is -2.22. The molecule has 2 N–H and O–H groups in total. The van der Waals surface area contributed by atoms with E-state index in [2.05, 4.69) is 20.0 Å². The lowest BCUT2D eigenvalue weighted by Gasteiger charge is -2.00. The van der Waals surface area contributed by atoms with Crippen molar-refractivity contribution in [1.29, 1.82) is 0 Å². The fourth-order valence-electron chi connectivity index (χ4n) is 1.23. The van der Waals surface area contributed by atoms with Crippen LogP contribution in [0.3, 0.4) is 0 Å². The summed E-state index contributed by atoms with van der Waals surface area (Å²) < 4.78 is 4.49. The third kappa shape index (κ3) is 2.54. The Morgan fingerprint density at radius 2 is 2.33 bits per heavy atom. The van der Waals surface area contributed by atoms with E-state index in [1.165, 1.54) is 11.3 Å². The summed E-state index contributed by atoms with van der Waals surface area (Å²) in [5.41, 5.74) is 2.48. The van der Waals surface area contributed by atoms with E-state index in [9.17, 15) is 9.59 Å². The molecule has 0 saturated heterocycles. The molecule has 0 aliphatic rings. The molecule has 8 heteroatoms. The van der Waals surface area contributed by atoms with E-state index in [0.29, 0.717) is 6.54 Å². The Kier molecular flexibility index (Phi) is 3.38. The Balaban J connectivity index is 1.99. The molecule has 0 unspecified atom stereocenters. The van der Waals surface area contributed by atoms with Crippen LogP contribution in [0.1, 0.15) is 31.6 Å². The number of carboxylic acid groups (broad SMARTS) is 1. The van der Waals surface area contributed by atoms with Gasteiger partial charge in [0.25, 0.3) is 5.91 Å². The van der Waals surface area contributed by atoms with Crippen LogP contribution in [0.15, 0.2) is 16.1 Å². The van der Waals surface area contributed by atoms with Gasteiger partial charge in [0.15, 0.2) is 5.69 Å². The second-order valence-corrected chi connectivity index (χ2v) is 4.36. The Labute approximate surface area is 105 Å². The van der Waals surface area contributed by atoms with Crippen molar-refractivity contribution in [3.05, 3.63) is 33.6 Å². The molecule has 1 amide bonds. The van der Waals surface area contributed by atoms with Gasteiger partial charge in [-0.2, -0.15) is 0 Å². The number of carbonyl (C=O) groups excluding carboxylic acids is 1. The number of aryl methyl sites for hydroxylation is 1. The molecule has 2 heterocycles. The summed E-state index contributed by atoms with van der Waals surface area (Å²) >= 11 is 1.43. The van der Waals surface area contributed by atoms with E-state index in [4.69, 9.17) is 5.11 Å². The largest absolute Gasteiger partial charge is 0.475 e. The number of hydrogen-bond acceptors (Lipinski definition) is 6. The van der Waals surface area contributed by atoms with Gasteiger partial charge >= 0.3 is 5.97 Å². The standard InChI is InChI=1S/C10H9N3O4S/c1-5-8(18-4-12-5)3-11-9(14)6-2-7(10(15)16)17-13-6/h2,4H,3H2,1H3,(H,11,14)(H,15,16). The zero-order chi connectivity index (χ0) is 13.1. The van der Waals surface area contributed by atoms with E-state index in [0.717, 1.165) is 16.6 Å². The lowest BCUT2D eigenvalue weighted by Crippen LogP contribution is -2.22. The first kappa shape index (κ1) is 12.2. The number of aromatic carboxylic acids is 1. The highest BCUT2D eigenvalue weighted by Crippen LogP contribution is 2.11. The van der Waals surface area contributed by atoms with E-state index < -0.39 is 11.9 Å². The fourth-order valence-corrected chi connectivity index (χ4v) is 1.95. The van der Waals surface area contributed by atoms with E-state index in [-0.39, 0.29) is 11.5 Å². The highest BCUT2D eigenvalue weighted by molar-refractivity contribution is 7.09. The van der Waals surface area contributed by atoms with Gasteiger partial charge in [0.05, 0.1) is 17.7 Å². The van der Waals surface area contributed by atoms with Crippen LogP contribution in [0.2, 0.25) is 0 Å². The minimum absolute atomic E-state index is 0.0606. The number of nitrogens with one attached hydrogen (secondary N) is 1. The molecule has 0 spiro atoms. The molecule has 2 aromatic rings. The van der Waals surface area contributed by atoms with E-state index >= 15 is 0 Å². The third-order valence-corrected chi connectivity index (χ3v) is 3.14. The predicted octanol–water partition coefficient (Wildman–Crippen LogP) is 1.07. The molecule has 0 aliphatic heterocycles. The molecule has 2 rings (SSSR count). The fraction of sp³-hybridized carbons (Fsp3) is 0.200. The van der Waals surface area contributed by atoms with Gasteiger partial charge in [-0.15, -0.1) is 11.3 Å². The zero-order valence-corrected chi connectivity index (χ0v) is 10.2. The summed E-state index contributed by atoms with van der Waals surface area (Å²) in [4.78, 5) is 27.2. The molecular formula is C10H9N3O4S. The van der Waals surface area contributed by atoms with Crippen LogP contribution in [0.5, 0.6) is 0 Å². The van der Waals surface area contributed by atoms with Crippen LogP contribution in [0, 0.1) is 6.92 Å². The molecule has 0 fully saturated rings. The normalized spacial score (nSPS) is 10.3. The molecule has 2 aromatic heterocycles. The summed E-state index contributed by atoms with van der Waals surface area (Å²) in [5, 5.41) is 14.6. The second-order valence-electron chi connectivity index (χ2n) is 3.43. The molecule has 0 atom stereocenters. The average Bonchev–Trinajstić information content (AvgIpc) is 2.94. The van der Waals surface area contributed by atoms with Crippen LogP contribution in [-0.4, -0.2) is 27.1 Å². The average molecular weight is 267 g/mol.